The third-order valence-corrected chi connectivity index (χ3v) is 9.45. The van der Waals surface area contributed by atoms with Crippen LogP contribution in [0.2, 0.25) is 5.02 Å². The Hall–Kier alpha value is -1.44. The van der Waals surface area contributed by atoms with Crippen molar-refractivity contribution in [2.75, 3.05) is 13.1 Å². The second-order valence-electron chi connectivity index (χ2n) is 10.3. The first-order valence-corrected chi connectivity index (χ1v) is 13.0. The monoisotopic (exact) mass is 465 g/mol. The molecule has 1 saturated heterocycles. The lowest BCUT2D eigenvalue weighted by Crippen LogP contribution is -2.50. The fourth-order valence-electron chi connectivity index (χ4n) is 5.18. The maximum atomic E-state index is 13.0. The van der Waals surface area contributed by atoms with Crippen LogP contribution >= 0.6 is 11.6 Å². The fourth-order valence-corrected chi connectivity index (χ4v) is 6.92. The maximum Gasteiger partial charge on any atom is 0.253 e. The second-order valence-corrected chi connectivity index (χ2v) is 12.6. The Morgan fingerprint density at radius 2 is 1.77 bits per heavy atom. The Balaban J connectivity index is 1.43. The number of carbonyl (C=O) groups excluding carboxylic acids is 1. The van der Waals surface area contributed by atoms with E-state index < -0.39 is 15.6 Å². The van der Waals surface area contributed by atoms with E-state index in [1.807, 2.05) is 0 Å². The summed E-state index contributed by atoms with van der Waals surface area (Å²) < 4.78 is 27.4. The van der Waals surface area contributed by atoms with Crippen LogP contribution in [0.25, 0.3) is 0 Å². The van der Waals surface area contributed by atoms with Gasteiger partial charge in [-0.3, -0.25) is 9.79 Å². The first kappa shape index (κ1) is 22.7. The number of piperidine rings is 1. The van der Waals surface area contributed by atoms with E-state index in [4.69, 9.17) is 16.6 Å². The Bertz CT molecular complexity index is 984. The van der Waals surface area contributed by atoms with E-state index in [-0.39, 0.29) is 23.9 Å². The Morgan fingerprint density at radius 3 is 2.35 bits per heavy atom. The molecule has 1 aromatic carbocycles. The molecule has 1 aliphatic carbocycles. The number of hydrogen-bond acceptors (Lipinski definition) is 4. The van der Waals surface area contributed by atoms with E-state index in [0.717, 1.165) is 31.5 Å². The molecule has 0 atom stereocenters. The van der Waals surface area contributed by atoms with Crippen LogP contribution in [0, 0.1) is 17.3 Å². The van der Waals surface area contributed by atoms with Crippen molar-refractivity contribution in [3.63, 3.8) is 0 Å². The number of benzene rings is 1. The van der Waals surface area contributed by atoms with Crippen LogP contribution in [0.1, 0.15) is 59.3 Å². The molecule has 0 aromatic heterocycles. The summed E-state index contributed by atoms with van der Waals surface area (Å²) >= 11 is 5.98. The standard InChI is InChI=1S/C23H32ClN3O3S/c1-22(2,3)17-9-7-16(8-10-17)20-25-21(28)23(26-20)11-13-27(14-12-23)31(29,30)19-6-4-5-18(24)15-19/h4-6,15-17H,7-14H2,1-3H3,(H,25,26,28)/t16-,17-. The van der Waals surface area contributed by atoms with E-state index >= 15 is 0 Å². The topological polar surface area (TPSA) is 78.8 Å². The second kappa shape index (κ2) is 8.16. The summed E-state index contributed by atoms with van der Waals surface area (Å²) in [6.45, 7) is 7.44. The van der Waals surface area contributed by atoms with Gasteiger partial charge in [-0.05, 0) is 68.1 Å². The normalized spacial score (nSPS) is 27.2. The fraction of sp³-hybridized carbons (Fsp3) is 0.652. The summed E-state index contributed by atoms with van der Waals surface area (Å²) in [5, 5.41) is 3.45. The van der Waals surface area contributed by atoms with Crippen LogP contribution in [0.4, 0.5) is 0 Å². The van der Waals surface area contributed by atoms with Crippen molar-refractivity contribution in [2.45, 2.75) is 69.7 Å². The zero-order valence-electron chi connectivity index (χ0n) is 18.5. The highest BCUT2D eigenvalue weighted by Crippen LogP contribution is 2.41. The number of halogens is 1. The minimum atomic E-state index is -3.63. The number of nitrogens with zero attached hydrogens (tertiary/aromatic N) is 2. The molecule has 1 saturated carbocycles. The minimum absolute atomic E-state index is 0.0692. The molecule has 1 spiro atoms. The Kier molecular flexibility index (Phi) is 5.99. The number of aliphatic imine (C=N–C) groups is 1. The lowest BCUT2D eigenvalue weighted by molar-refractivity contribution is -0.125. The van der Waals surface area contributed by atoms with Gasteiger partial charge >= 0.3 is 0 Å². The molecule has 3 aliphatic rings. The van der Waals surface area contributed by atoms with Gasteiger partial charge in [-0.25, -0.2) is 8.42 Å². The maximum absolute atomic E-state index is 13.0. The first-order chi connectivity index (χ1) is 14.5. The third kappa shape index (κ3) is 4.41. The highest BCUT2D eigenvalue weighted by atomic mass is 35.5. The van der Waals surface area contributed by atoms with Gasteiger partial charge in [0, 0.05) is 24.0 Å². The van der Waals surface area contributed by atoms with Crippen molar-refractivity contribution in [2.24, 2.45) is 22.2 Å². The van der Waals surface area contributed by atoms with Crippen LogP contribution in [0.5, 0.6) is 0 Å². The predicted octanol–water partition coefficient (Wildman–Crippen LogP) is 4.24. The molecular formula is C23H32ClN3O3S. The molecule has 0 radical (unpaired) electrons. The van der Waals surface area contributed by atoms with Crippen molar-refractivity contribution >= 4 is 33.4 Å². The van der Waals surface area contributed by atoms with Gasteiger partial charge in [0.1, 0.15) is 11.4 Å². The molecule has 31 heavy (non-hydrogen) atoms. The summed E-state index contributed by atoms with van der Waals surface area (Å²) in [5.74, 6) is 1.76. The summed E-state index contributed by atoms with van der Waals surface area (Å²) in [7, 11) is -3.63. The highest BCUT2D eigenvalue weighted by molar-refractivity contribution is 7.89. The Morgan fingerprint density at radius 1 is 1.13 bits per heavy atom. The van der Waals surface area contributed by atoms with Crippen molar-refractivity contribution in [1.29, 1.82) is 0 Å². The molecule has 2 aliphatic heterocycles. The highest BCUT2D eigenvalue weighted by Gasteiger charge is 2.48. The average molecular weight is 466 g/mol. The summed E-state index contributed by atoms with van der Waals surface area (Å²) in [5.41, 5.74) is -0.509. The summed E-state index contributed by atoms with van der Waals surface area (Å²) in [4.78, 5) is 18.0. The number of hydrogen-bond donors (Lipinski definition) is 1. The summed E-state index contributed by atoms with van der Waals surface area (Å²) in [6, 6.07) is 6.31. The largest absolute Gasteiger partial charge is 0.312 e. The quantitative estimate of drug-likeness (QED) is 0.724. The van der Waals surface area contributed by atoms with Crippen molar-refractivity contribution in [3.05, 3.63) is 29.3 Å². The Labute approximate surface area is 190 Å². The first-order valence-electron chi connectivity index (χ1n) is 11.2. The molecule has 0 bridgehead atoms. The van der Waals surface area contributed by atoms with Crippen LogP contribution in [-0.4, -0.2) is 43.1 Å². The molecule has 0 unspecified atom stereocenters. The SMILES string of the molecule is CC(C)(C)[C@H]1CC[C@H](C2=NC3(CCN(S(=O)(=O)c4cccc(Cl)c4)CC3)C(=O)N2)CC1. The van der Waals surface area contributed by atoms with Crippen molar-refractivity contribution in [3.8, 4) is 0 Å². The van der Waals surface area contributed by atoms with E-state index in [1.54, 1.807) is 18.2 Å². The van der Waals surface area contributed by atoms with Gasteiger partial charge in [0.25, 0.3) is 5.91 Å². The lowest BCUT2D eigenvalue weighted by Gasteiger charge is -2.37. The minimum Gasteiger partial charge on any atom is -0.312 e. The zero-order valence-corrected chi connectivity index (χ0v) is 20.1. The van der Waals surface area contributed by atoms with Gasteiger partial charge in [0.2, 0.25) is 10.0 Å². The number of nitrogens with one attached hydrogen (secondary N) is 1. The molecule has 2 heterocycles. The van der Waals surface area contributed by atoms with Crippen LogP contribution in [0.15, 0.2) is 34.2 Å². The smallest absolute Gasteiger partial charge is 0.253 e. The van der Waals surface area contributed by atoms with Gasteiger partial charge in [-0.1, -0.05) is 38.4 Å². The zero-order chi connectivity index (χ0) is 22.4. The number of carbonyl (C=O) groups is 1. The number of amides is 1. The van der Waals surface area contributed by atoms with E-state index in [0.29, 0.717) is 35.1 Å². The van der Waals surface area contributed by atoms with Gasteiger partial charge in [-0.15, -0.1) is 0 Å². The van der Waals surface area contributed by atoms with E-state index in [2.05, 4.69) is 26.1 Å². The third-order valence-electron chi connectivity index (χ3n) is 7.32. The number of amidine groups is 1. The van der Waals surface area contributed by atoms with Crippen LogP contribution < -0.4 is 5.32 Å². The van der Waals surface area contributed by atoms with Crippen LogP contribution in [-0.2, 0) is 14.8 Å². The van der Waals surface area contributed by atoms with Crippen molar-refractivity contribution < 1.29 is 13.2 Å². The van der Waals surface area contributed by atoms with Crippen molar-refractivity contribution in [1.82, 2.24) is 9.62 Å². The van der Waals surface area contributed by atoms with E-state index in [1.165, 1.54) is 10.4 Å². The molecule has 4 rings (SSSR count). The van der Waals surface area contributed by atoms with Gasteiger partial charge < -0.3 is 5.32 Å². The number of sulfonamides is 1. The molecular weight excluding hydrogens is 434 g/mol. The van der Waals surface area contributed by atoms with Crippen LogP contribution in [0.3, 0.4) is 0 Å². The molecule has 1 amide bonds. The summed E-state index contributed by atoms with van der Waals surface area (Å²) in [6.07, 6.45) is 5.21. The molecule has 6 nitrogen and oxygen atoms in total. The predicted molar refractivity (Wildman–Crippen MR) is 123 cm³/mol. The lowest BCUT2D eigenvalue weighted by atomic mass is 9.69. The molecule has 2 fully saturated rings. The van der Waals surface area contributed by atoms with Gasteiger partial charge in [-0.2, -0.15) is 4.31 Å². The average Bonchev–Trinajstić information content (AvgIpc) is 3.03. The number of rotatable bonds is 3. The molecule has 8 heteroatoms. The van der Waals surface area contributed by atoms with E-state index in [9.17, 15) is 13.2 Å². The molecule has 1 N–H and O–H groups in total. The molecule has 1 aromatic rings. The van der Waals surface area contributed by atoms with Gasteiger partial charge in [0.15, 0.2) is 0 Å². The van der Waals surface area contributed by atoms with Gasteiger partial charge in [0.05, 0.1) is 4.90 Å². The molecule has 170 valence electrons.